The Balaban J connectivity index is 2.04. The number of nitrogens with two attached hydrogens (primary N) is 2. The number of nitrogens with one attached hydrogen (secondary N) is 1. The molecule has 20 heavy (non-hydrogen) atoms. The van der Waals surface area contributed by atoms with Crippen molar-refractivity contribution in [3.05, 3.63) is 59.2 Å². The summed E-state index contributed by atoms with van der Waals surface area (Å²) in [4.78, 5) is 15.8. The second kappa shape index (κ2) is 4.79. The van der Waals surface area contributed by atoms with Gasteiger partial charge in [-0.2, -0.15) is 0 Å². The highest BCUT2D eigenvalue weighted by Crippen LogP contribution is 2.26. The second-order valence-corrected chi connectivity index (χ2v) is 4.63. The summed E-state index contributed by atoms with van der Waals surface area (Å²) < 4.78 is 0. The number of hydrogen-bond donors (Lipinski definition) is 3. The van der Waals surface area contributed by atoms with Crippen molar-refractivity contribution in [1.82, 2.24) is 5.43 Å². The van der Waals surface area contributed by atoms with Crippen LogP contribution in [0.1, 0.15) is 21.5 Å². The molecule has 2 aromatic rings. The molecule has 0 radical (unpaired) electrons. The van der Waals surface area contributed by atoms with Gasteiger partial charge in [0.1, 0.15) is 5.84 Å². The molecule has 2 aromatic carbocycles. The molecule has 3 rings (SSSR count). The first-order valence-electron chi connectivity index (χ1n) is 6.23. The highest BCUT2D eigenvalue weighted by atomic mass is 16.2. The number of nitrogen functional groups attached to an aromatic ring is 1. The molecule has 0 unspecified atom stereocenters. The quantitative estimate of drug-likeness (QED) is 0.433. The first-order chi connectivity index (χ1) is 9.69. The Hall–Kier alpha value is -2.66. The van der Waals surface area contributed by atoms with Crippen molar-refractivity contribution in [2.45, 2.75) is 6.54 Å². The molecule has 5 heteroatoms. The van der Waals surface area contributed by atoms with Gasteiger partial charge in [0.15, 0.2) is 0 Å². The van der Waals surface area contributed by atoms with Crippen molar-refractivity contribution in [2.24, 2.45) is 16.6 Å². The minimum absolute atomic E-state index is 0.311. The average molecular weight is 266 g/mol. The molecular weight excluding hydrogens is 252 g/mol. The van der Waals surface area contributed by atoms with Gasteiger partial charge < -0.3 is 5.73 Å². The molecule has 0 spiro atoms. The molecular formula is C15H14N4O. The van der Waals surface area contributed by atoms with Crippen LogP contribution in [0, 0.1) is 0 Å². The van der Waals surface area contributed by atoms with E-state index in [0.717, 1.165) is 22.3 Å². The number of amides is 1. The second-order valence-electron chi connectivity index (χ2n) is 4.63. The molecule has 0 fully saturated rings. The maximum Gasteiger partial charge on any atom is 0.265 e. The smallest absolute Gasteiger partial charge is 0.265 e. The van der Waals surface area contributed by atoms with E-state index in [0.29, 0.717) is 17.9 Å². The van der Waals surface area contributed by atoms with Gasteiger partial charge in [0.2, 0.25) is 0 Å². The lowest BCUT2D eigenvalue weighted by Crippen LogP contribution is -2.29. The van der Waals surface area contributed by atoms with Crippen LogP contribution in [0.5, 0.6) is 0 Å². The molecule has 0 bridgehead atoms. The Morgan fingerprint density at radius 2 is 1.95 bits per heavy atom. The van der Waals surface area contributed by atoms with Crippen molar-refractivity contribution < 1.29 is 4.79 Å². The number of aliphatic imine (C=N–C) groups is 1. The number of rotatable bonds is 2. The first kappa shape index (κ1) is 12.4. The Morgan fingerprint density at radius 3 is 2.75 bits per heavy atom. The van der Waals surface area contributed by atoms with Gasteiger partial charge in [-0.05, 0) is 34.9 Å². The SMILES string of the molecule is NNC(=O)c1cccc(-c2ccc3c(c2)C(N)=NC3)c1. The van der Waals surface area contributed by atoms with Crippen molar-refractivity contribution in [3.8, 4) is 11.1 Å². The lowest BCUT2D eigenvalue weighted by molar-refractivity contribution is 0.0953. The highest BCUT2D eigenvalue weighted by Gasteiger charge is 2.14. The van der Waals surface area contributed by atoms with E-state index in [1.165, 1.54) is 0 Å². The maximum atomic E-state index is 11.6. The fourth-order valence-corrected chi connectivity index (χ4v) is 2.31. The zero-order chi connectivity index (χ0) is 14.1. The lowest BCUT2D eigenvalue weighted by Gasteiger charge is -2.07. The van der Waals surface area contributed by atoms with Gasteiger partial charge in [-0.1, -0.05) is 24.3 Å². The molecule has 1 heterocycles. The molecule has 1 aliphatic heterocycles. The number of nitrogens with zero attached hydrogens (tertiary/aromatic N) is 1. The van der Waals surface area contributed by atoms with Crippen LogP contribution >= 0.6 is 0 Å². The lowest BCUT2D eigenvalue weighted by atomic mass is 9.98. The largest absolute Gasteiger partial charge is 0.383 e. The number of carbonyl (C=O) groups excluding carboxylic acids is 1. The van der Waals surface area contributed by atoms with E-state index in [1.54, 1.807) is 12.1 Å². The Bertz CT molecular complexity index is 722. The minimum atomic E-state index is -0.311. The van der Waals surface area contributed by atoms with Crippen LogP contribution in [0.2, 0.25) is 0 Å². The first-order valence-corrected chi connectivity index (χ1v) is 6.23. The fraction of sp³-hybridized carbons (Fsp3) is 0.0667. The molecule has 1 aliphatic rings. The molecule has 5 N–H and O–H groups in total. The zero-order valence-electron chi connectivity index (χ0n) is 10.8. The van der Waals surface area contributed by atoms with E-state index in [9.17, 15) is 4.79 Å². The van der Waals surface area contributed by atoms with Crippen LogP contribution in [-0.2, 0) is 6.54 Å². The highest BCUT2D eigenvalue weighted by molar-refractivity contribution is 6.02. The van der Waals surface area contributed by atoms with Crippen LogP contribution < -0.4 is 17.0 Å². The zero-order valence-corrected chi connectivity index (χ0v) is 10.8. The number of carbonyl (C=O) groups is 1. The molecule has 0 saturated heterocycles. The Labute approximate surface area is 116 Å². The standard InChI is InChI=1S/C15H14N4O/c16-14-13-7-10(4-5-12(13)8-18-14)9-2-1-3-11(6-9)15(20)19-17/h1-7H,8,17H2,(H2,16,18)(H,19,20). The molecule has 0 aromatic heterocycles. The topological polar surface area (TPSA) is 93.5 Å². The van der Waals surface area contributed by atoms with Gasteiger partial charge in [0.05, 0.1) is 6.54 Å². The van der Waals surface area contributed by atoms with Crippen molar-refractivity contribution in [2.75, 3.05) is 0 Å². The summed E-state index contributed by atoms with van der Waals surface area (Å²) in [5.74, 6) is 5.41. The van der Waals surface area contributed by atoms with E-state index >= 15 is 0 Å². The molecule has 0 aliphatic carbocycles. The molecule has 0 saturated carbocycles. The third-order valence-corrected chi connectivity index (χ3v) is 3.39. The van der Waals surface area contributed by atoms with Crippen molar-refractivity contribution in [3.63, 3.8) is 0 Å². The number of hydrazine groups is 1. The van der Waals surface area contributed by atoms with Gasteiger partial charge >= 0.3 is 0 Å². The predicted molar refractivity (Wildman–Crippen MR) is 78.0 cm³/mol. The Kier molecular flexibility index (Phi) is 2.96. The van der Waals surface area contributed by atoms with Gasteiger partial charge in [-0.25, -0.2) is 5.84 Å². The summed E-state index contributed by atoms with van der Waals surface area (Å²) in [6, 6.07) is 13.3. The van der Waals surface area contributed by atoms with Crippen LogP contribution in [0.25, 0.3) is 11.1 Å². The van der Waals surface area contributed by atoms with Gasteiger partial charge in [-0.3, -0.25) is 15.2 Å². The third-order valence-electron chi connectivity index (χ3n) is 3.39. The van der Waals surface area contributed by atoms with Crippen molar-refractivity contribution >= 4 is 11.7 Å². The van der Waals surface area contributed by atoms with E-state index in [-0.39, 0.29) is 5.91 Å². The van der Waals surface area contributed by atoms with E-state index in [2.05, 4.69) is 10.4 Å². The van der Waals surface area contributed by atoms with Crippen molar-refractivity contribution in [1.29, 1.82) is 0 Å². The van der Waals surface area contributed by atoms with Gasteiger partial charge in [0, 0.05) is 11.1 Å². The molecule has 1 amide bonds. The summed E-state index contributed by atoms with van der Waals surface area (Å²) in [5.41, 5.74) is 12.5. The van der Waals surface area contributed by atoms with E-state index in [1.807, 2.05) is 30.3 Å². The summed E-state index contributed by atoms with van der Waals surface area (Å²) in [6.45, 7) is 0.636. The summed E-state index contributed by atoms with van der Waals surface area (Å²) in [6.07, 6.45) is 0. The van der Waals surface area contributed by atoms with Gasteiger partial charge in [0.25, 0.3) is 5.91 Å². The number of hydrogen-bond acceptors (Lipinski definition) is 4. The fourth-order valence-electron chi connectivity index (χ4n) is 2.31. The number of benzene rings is 2. The number of fused-ring (bicyclic) bond motifs is 1. The molecule has 0 atom stereocenters. The van der Waals surface area contributed by atoms with E-state index in [4.69, 9.17) is 11.6 Å². The summed E-state index contributed by atoms with van der Waals surface area (Å²) in [5, 5.41) is 0. The molecule has 5 nitrogen and oxygen atoms in total. The van der Waals surface area contributed by atoms with Crippen LogP contribution in [0.15, 0.2) is 47.5 Å². The van der Waals surface area contributed by atoms with E-state index < -0.39 is 0 Å². The summed E-state index contributed by atoms with van der Waals surface area (Å²) in [7, 11) is 0. The van der Waals surface area contributed by atoms with Crippen LogP contribution in [0.3, 0.4) is 0 Å². The van der Waals surface area contributed by atoms with Crippen LogP contribution in [0.4, 0.5) is 0 Å². The third kappa shape index (κ3) is 2.04. The van der Waals surface area contributed by atoms with Gasteiger partial charge in [-0.15, -0.1) is 0 Å². The number of amidine groups is 1. The average Bonchev–Trinajstić information content (AvgIpc) is 2.87. The normalized spacial score (nSPS) is 12.8. The molecule has 100 valence electrons. The summed E-state index contributed by atoms with van der Waals surface area (Å²) >= 11 is 0. The minimum Gasteiger partial charge on any atom is -0.383 e. The van der Waals surface area contributed by atoms with Crippen LogP contribution in [-0.4, -0.2) is 11.7 Å². The Morgan fingerprint density at radius 1 is 1.15 bits per heavy atom. The predicted octanol–water partition coefficient (Wildman–Crippen LogP) is 1.18. The maximum absolute atomic E-state index is 11.6. The monoisotopic (exact) mass is 266 g/mol.